The molecule has 140 valence electrons. The lowest BCUT2D eigenvalue weighted by Gasteiger charge is -2.29. The molecule has 5 rings (SSSR count). The van der Waals surface area contributed by atoms with Gasteiger partial charge in [-0.15, -0.1) is 0 Å². The van der Waals surface area contributed by atoms with Crippen molar-refractivity contribution in [3.63, 3.8) is 0 Å². The summed E-state index contributed by atoms with van der Waals surface area (Å²) >= 11 is 0. The lowest BCUT2D eigenvalue weighted by molar-refractivity contribution is 0.0687. The van der Waals surface area contributed by atoms with E-state index in [0.717, 1.165) is 49.1 Å². The molecule has 1 aromatic carbocycles. The number of aromatic amines is 1. The van der Waals surface area contributed by atoms with Gasteiger partial charge < -0.3 is 14.8 Å². The second kappa shape index (κ2) is 6.20. The van der Waals surface area contributed by atoms with Crippen molar-refractivity contribution in [2.24, 2.45) is 12.5 Å². The summed E-state index contributed by atoms with van der Waals surface area (Å²) in [6, 6.07) is 6.08. The van der Waals surface area contributed by atoms with Crippen LogP contribution in [0.4, 0.5) is 0 Å². The molecule has 0 radical (unpaired) electrons. The van der Waals surface area contributed by atoms with Gasteiger partial charge in [0.2, 0.25) is 0 Å². The van der Waals surface area contributed by atoms with Crippen molar-refractivity contribution in [3.05, 3.63) is 48.2 Å². The molecule has 1 aliphatic heterocycles. The van der Waals surface area contributed by atoms with E-state index in [1.54, 1.807) is 12.4 Å². The number of aromatic nitrogens is 4. The average Bonchev–Trinajstić information content (AvgIpc) is 3.03. The molecule has 1 saturated heterocycles. The standard InChI is InChI=1S/C20H24N6O/c1-25-10-9-22-17(25)13-26(16-11-20(16)5-7-21-8-6-20)19(27)15-4-2-3-14-12-23-24-18(14)15/h2-4,9-10,12,16,21H,5-8,11,13H2,1H3,(H,23,24)/t16-/m1/s1. The van der Waals surface area contributed by atoms with Gasteiger partial charge in [0.05, 0.1) is 23.8 Å². The van der Waals surface area contributed by atoms with Crippen molar-refractivity contribution >= 4 is 16.8 Å². The molecule has 2 aromatic heterocycles. The Labute approximate surface area is 157 Å². The summed E-state index contributed by atoms with van der Waals surface area (Å²) in [6.07, 6.45) is 8.85. The minimum absolute atomic E-state index is 0.0632. The third-order valence-electron chi connectivity index (χ3n) is 6.32. The number of benzene rings is 1. The van der Waals surface area contributed by atoms with E-state index >= 15 is 0 Å². The number of H-pyrrole nitrogens is 1. The van der Waals surface area contributed by atoms with Gasteiger partial charge >= 0.3 is 0 Å². The van der Waals surface area contributed by atoms with Gasteiger partial charge in [0.1, 0.15) is 5.82 Å². The second-order valence-electron chi connectivity index (χ2n) is 7.86. The second-order valence-corrected chi connectivity index (χ2v) is 7.86. The lowest BCUT2D eigenvalue weighted by Crippen LogP contribution is -2.39. The average molecular weight is 364 g/mol. The first-order valence-electron chi connectivity index (χ1n) is 9.58. The smallest absolute Gasteiger partial charge is 0.256 e. The van der Waals surface area contributed by atoms with Crippen LogP contribution in [0.5, 0.6) is 0 Å². The maximum atomic E-state index is 13.6. The number of hydrogen-bond acceptors (Lipinski definition) is 4. The number of fused-ring (bicyclic) bond motifs is 1. The molecule has 3 heterocycles. The van der Waals surface area contributed by atoms with E-state index in [2.05, 4.69) is 20.5 Å². The van der Waals surface area contributed by atoms with Crippen molar-refractivity contribution in [1.29, 1.82) is 0 Å². The maximum Gasteiger partial charge on any atom is 0.256 e. The molecule has 1 aliphatic carbocycles. The van der Waals surface area contributed by atoms with Crippen LogP contribution in [0.25, 0.3) is 10.9 Å². The molecule has 0 unspecified atom stereocenters. The maximum absolute atomic E-state index is 13.6. The molecule has 2 N–H and O–H groups in total. The zero-order chi connectivity index (χ0) is 18.4. The highest BCUT2D eigenvalue weighted by Crippen LogP contribution is 2.56. The first-order chi connectivity index (χ1) is 13.2. The zero-order valence-electron chi connectivity index (χ0n) is 15.5. The van der Waals surface area contributed by atoms with Gasteiger partial charge in [-0.25, -0.2) is 4.98 Å². The quantitative estimate of drug-likeness (QED) is 0.743. The number of amides is 1. The fraction of sp³-hybridized carbons (Fsp3) is 0.450. The van der Waals surface area contributed by atoms with E-state index in [4.69, 9.17) is 0 Å². The molecule has 1 amide bonds. The Hall–Kier alpha value is -2.67. The normalized spacial score (nSPS) is 20.9. The highest BCUT2D eigenvalue weighted by Gasteiger charge is 2.58. The van der Waals surface area contributed by atoms with E-state index in [9.17, 15) is 4.79 Å². The van der Waals surface area contributed by atoms with E-state index in [1.165, 1.54) is 0 Å². The molecule has 1 atom stereocenters. The molecule has 2 fully saturated rings. The number of carbonyl (C=O) groups excluding carboxylic acids is 1. The Kier molecular flexibility index (Phi) is 3.79. The molecule has 1 spiro atoms. The van der Waals surface area contributed by atoms with E-state index < -0.39 is 0 Å². The summed E-state index contributed by atoms with van der Waals surface area (Å²) < 4.78 is 1.99. The molecular weight excluding hydrogens is 340 g/mol. The first-order valence-corrected chi connectivity index (χ1v) is 9.58. The minimum Gasteiger partial charge on any atom is -0.337 e. The van der Waals surface area contributed by atoms with E-state index in [1.807, 2.05) is 40.9 Å². The molecule has 7 nitrogen and oxygen atoms in total. The fourth-order valence-electron chi connectivity index (χ4n) is 4.56. The Balaban J connectivity index is 1.50. The van der Waals surface area contributed by atoms with Crippen molar-refractivity contribution in [3.8, 4) is 0 Å². The van der Waals surface area contributed by atoms with Gasteiger partial charge in [0.25, 0.3) is 5.91 Å². The van der Waals surface area contributed by atoms with Crippen LogP contribution in [-0.4, -0.2) is 49.7 Å². The largest absolute Gasteiger partial charge is 0.337 e. The lowest BCUT2D eigenvalue weighted by atomic mass is 9.93. The van der Waals surface area contributed by atoms with Gasteiger partial charge in [-0.1, -0.05) is 12.1 Å². The predicted octanol–water partition coefficient (Wildman–Crippen LogP) is 2.08. The Morgan fingerprint density at radius 2 is 2.22 bits per heavy atom. The molecule has 7 heteroatoms. The van der Waals surface area contributed by atoms with E-state index in [-0.39, 0.29) is 17.4 Å². The molecule has 27 heavy (non-hydrogen) atoms. The third kappa shape index (κ3) is 2.73. The molecule has 3 aromatic rings. The number of hydrogen-bond donors (Lipinski definition) is 2. The number of aryl methyl sites for hydroxylation is 1. The van der Waals surface area contributed by atoms with Crippen molar-refractivity contribution < 1.29 is 4.79 Å². The number of carbonyl (C=O) groups is 1. The van der Waals surface area contributed by atoms with Crippen LogP contribution in [0.1, 0.15) is 35.4 Å². The minimum atomic E-state index is 0.0632. The van der Waals surface area contributed by atoms with Gasteiger partial charge in [-0.2, -0.15) is 5.10 Å². The number of imidazole rings is 1. The first kappa shape index (κ1) is 16.5. The SMILES string of the molecule is Cn1ccnc1CN(C(=O)c1cccc2cn[nH]c12)[C@@H]1CC12CCNCC2. The van der Waals surface area contributed by atoms with Crippen molar-refractivity contribution in [2.45, 2.75) is 31.8 Å². The van der Waals surface area contributed by atoms with Crippen molar-refractivity contribution in [1.82, 2.24) is 30.0 Å². The van der Waals surface area contributed by atoms with Crippen LogP contribution in [0.2, 0.25) is 0 Å². The van der Waals surface area contributed by atoms with Gasteiger partial charge in [-0.3, -0.25) is 9.89 Å². The number of nitrogens with one attached hydrogen (secondary N) is 2. The summed E-state index contributed by atoms with van der Waals surface area (Å²) in [5.74, 6) is 0.976. The van der Waals surface area contributed by atoms with Gasteiger partial charge in [0, 0.05) is 30.9 Å². The topological polar surface area (TPSA) is 78.8 Å². The van der Waals surface area contributed by atoms with Crippen LogP contribution in [0.3, 0.4) is 0 Å². The highest BCUT2D eigenvalue weighted by atomic mass is 16.2. The number of para-hydroxylation sites is 1. The summed E-state index contributed by atoms with van der Waals surface area (Å²) in [4.78, 5) is 20.1. The summed E-state index contributed by atoms with van der Waals surface area (Å²) in [7, 11) is 1.98. The van der Waals surface area contributed by atoms with E-state index in [0.29, 0.717) is 12.1 Å². The van der Waals surface area contributed by atoms with Crippen LogP contribution in [0, 0.1) is 5.41 Å². The van der Waals surface area contributed by atoms with Crippen LogP contribution >= 0.6 is 0 Å². The third-order valence-corrected chi connectivity index (χ3v) is 6.32. The van der Waals surface area contributed by atoms with Gasteiger partial charge in [-0.05, 0) is 43.8 Å². The summed E-state index contributed by atoms with van der Waals surface area (Å²) in [6.45, 7) is 2.61. The van der Waals surface area contributed by atoms with Gasteiger partial charge in [0.15, 0.2) is 0 Å². The number of piperidine rings is 1. The Bertz CT molecular complexity index is 983. The molecule has 0 bridgehead atoms. The molecule has 2 aliphatic rings. The predicted molar refractivity (Wildman–Crippen MR) is 102 cm³/mol. The zero-order valence-corrected chi connectivity index (χ0v) is 15.5. The Morgan fingerprint density at radius 1 is 1.37 bits per heavy atom. The van der Waals surface area contributed by atoms with Crippen LogP contribution in [0.15, 0.2) is 36.8 Å². The summed E-state index contributed by atoms with van der Waals surface area (Å²) in [5.41, 5.74) is 1.77. The monoisotopic (exact) mass is 364 g/mol. The molecular formula is C20H24N6O. The Morgan fingerprint density at radius 3 is 3.00 bits per heavy atom. The number of rotatable bonds is 4. The highest BCUT2D eigenvalue weighted by molar-refractivity contribution is 6.05. The van der Waals surface area contributed by atoms with Crippen molar-refractivity contribution in [2.75, 3.05) is 13.1 Å². The van der Waals surface area contributed by atoms with Crippen LogP contribution in [-0.2, 0) is 13.6 Å². The molecule has 1 saturated carbocycles. The summed E-state index contributed by atoms with van der Waals surface area (Å²) in [5, 5.41) is 11.5. The van der Waals surface area contributed by atoms with Crippen LogP contribution < -0.4 is 5.32 Å². The number of nitrogens with zero attached hydrogens (tertiary/aromatic N) is 4. The fourth-order valence-corrected chi connectivity index (χ4v) is 4.56.